The van der Waals surface area contributed by atoms with Crippen molar-refractivity contribution in [1.29, 1.82) is 0 Å². The van der Waals surface area contributed by atoms with Crippen molar-refractivity contribution >= 4 is 17.9 Å². The maximum absolute atomic E-state index is 13.7. The molecule has 2 aromatic carbocycles. The van der Waals surface area contributed by atoms with E-state index < -0.39 is 18.2 Å². The van der Waals surface area contributed by atoms with Gasteiger partial charge in [-0.3, -0.25) is 14.6 Å². The van der Waals surface area contributed by atoms with E-state index in [0.29, 0.717) is 36.7 Å². The van der Waals surface area contributed by atoms with Crippen molar-refractivity contribution in [2.24, 2.45) is 17.8 Å². The van der Waals surface area contributed by atoms with Crippen LogP contribution < -0.4 is 10.6 Å². The Morgan fingerprint density at radius 3 is 2.02 bits per heavy atom. The lowest BCUT2D eigenvalue weighted by molar-refractivity contribution is -0.137. The third-order valence-corrected chi connectivity index (χ3v) is 12.8. The molecule has 59 heavy (non-hydrogen) atoms. The largest absolute Gasteiger partial charge is 0.453 e. The topological polar surface area (TPSA) is 167 Å². The molecule has 1 saturated heterocycles. The number of fused-ring (bicyclic) bond motifs is 2. The first-order valence-corrected chi connectivity index (χ1v) is 20.8. The van der Waals surface area contributed by atoms with E-state index in [1.54, 1.807) is 18.0 Å². The van der Waals surface area contributed by atoms with Crippen molar-refractivity contribution in [2.75, 3.05) is 20.8 Å². The lowest BCUT2D eigenvalue weighted by Gasteiger charge is -2.30. The van der Waals surface area contributed by atoms with Crippen molar-refractivity contribution in [3.63, 3.8) is 0 Å². The lowest BCUT2D eigenvalue weighted by atomic mass is 9.78. The second kappa shape index (κ2) is 17.2. The van der Waals surface area contributed by atoms with Crippen molar-refractivity contribution in [1.82, 2.24) is 40.5 Å². The summed E-state index contributed by atoms with van der Waals surface area (Å²) in [6.07, 6.45) is 9.23. The summed E-state index contributed by atoms with van der Waals surface area (Å²) in [6, 6.07) is 19.8. The average Bonchev–Trinajstić information content (AvgIpc) is 4.13. The highest BCUT2D eigenvalue weighted by atomic mass is 16.5. The van der Waals surface area contributed by atoms with E-state index in [1.807, 2.05) is 18.5 Å². The molecule has 0 radical (unpaired) electrons. The molecule has 3 aliphatic rings. The van der Waals surface area contributed by atoms with Crippen LogP contribution in [0.3, 0.4) is 0 Å². The number of H-pyrrole nitrogens is 2. The van der Waals surface area contributed by atoms with Crippen molar-refractivity contribution in [3.05, 3.63) is 102 Å². The predicted molar refractivity (Wildman–Crippen MR) is 224 cm³/mol. The minimum atomic E-state index is -0.886. The van der Waals surface area contributed by atoms with Crippen LogP contribution in [0.25, 0.3) is 33.6 Å². The van der Waals surface area contributed by atoms with Crippen LogP contribution in [0.5, 0.6) is 0 Å². The molecule has 308 valence electrons. The fraction of sp³-hybridized carbons (Fsp3) is 0.435. The Kier molecular flexibility index (Phi) is 11.6. The molecular weight excluding hydrogens is 745 g/mol. The number of methoxy groups -OCH3 is 2. The summed E-state index contributed by atoms with van der Waals surface area (Å²) < 4.78 is 10.2. The lowest BCUT2D eigenvalue weighted by Crippen LogP contribution is -2.54. The number of likely N-dealkylation sites (tertiary alicyclic amines) is 1. The summed E-state index contributed by atoms with van der Waals surface area (Å²) in [7, 11) is 2.77. The number of aromatic amines is 2. The molecule has 5 aromatic rings. The SMILES string of the molecule is COC(=O)N[C@H](C(=O)N1CCC[C@H]1c1ncc(-c2ccc(-c3ccc(-c4cnc(C5C6CCC(C6)C5C(=O)NCc5ccc(C(C)C)nc5)[nH]4)cc3)cc2)[nH]1)[C@@H](C)OC. The Balaban J connectivity index is 0.907. The van der Waals surface area contributed by atoms with Crippen molar-refractivity contribution in [2.45, 2.75) is 89.4 Å². The van der Waals surface area contributed by atoms with E-state index >= 15 is 0 Å². The van der Waals surface area contributed by atoms with Crippen LogP contribution >= 0.6 is 0 Å². The number of ether oxygens (including phenoxy) is 2. The van der Waals surface area contributed by atoms with Gasteiger partial charge >= 0.3 is 6.09 Å². The highest BCUT2D eigenvalue weighted by Gasteiger charge is 2.52. The van der Waals surface area contributed by atoms with E-state index in [9.17, 15) is 14.4 Å². The highest BCUT2D eigenvalue weighted by molar-refractivity contribution is 5.87. The number of hydrogen-bond acceptors (Lipinski definition) is 8. The Labute approximate surface area is 345 Å². The van der Waals surface area contributed by atoms with Crippen LogP contribution in [0.1, 0.15) is 93.7 Å². The average molecular weight is 799 g/mol. The number of carbonyl (C=O) groups excluding carboxylic acids is 3. The Morgan fingerprint density at radius 2 is 1.41 bits per heavy atom. The minimum absolute atomic E-state index is 0.0830. The maximum Gasteiger partial charge on any atom is 0.407 e. The second-order valence-electron chi connectivity index (χ2n) is 16.6. The number of amides is 3. The summed E-state index contributed by atoms with van der Waals surface area (Å²) in [6.45, 7) is 7.03. The van der Waals surface area contributed by atoms with Gasteiger partial charge in [-0.1, -0.05) is 68.4 Å². The quantitative estimate of drug-likeness (QED) is 0.0949. The van der Waals surface area contributed by atoms with E-state index in [0.717, 1.165) is 82.8 Å². The summed E-state index contributed by atoms with van der Waals surface area (Å²) in [5, 5.41) is 5.86. The smallest absolute Gasteiger partial charge is 0.407 e. The number of pyridine rings is 1. The molecule has 3 fully saturated rings. The molecule has 13 nitrogen and oxygen atoms in total. The van der Waals surface area contributed by atoms with Gasteiger partial charge in [0.2, 0.25) is 11.8 Å². The van der Waals surface area contributed by atoms with Gasteiger partial charge in [0.25, 0.3) is 0 Å². The van der Waals surface area contributed by atoms with Crippen LogP contribution in [-0.4, -0.2) is 80.6 Å². The molecule has 4 heterocycles. The second-order valence-corrected chi connectivity index (χ2v) is 16.6. The van der Waals surface area contributed by atoms with Gasteiger partial charge in [-0.05, 0) is 90.7 Å². The molecule has 2 aliphatic carbocycles. The Hall–Kier alpha value is -5.82. The maximum atomic E-state index is 13.7. The first-order valence-electron chi connectivity index (χ1n) is 20.8. The number of rotatable bonds is 13. The normalized spacial score (nSPS) is 22.1. The van der Waals surface area contributed by atoms with Crippen molar-refractivity contribution < 1.29 is 23.9 Å². The number of carbonyl (C=O) groups is 3. The standard InChI is InChI=1S/C46H54N8O5/c1-26(2)35-19-8-28(22-47-35)23-50-44(55)40-34-18-17-33(21-34)39(40)43-49-25-37(52-43)32-15-11-30(12-16-32)29-9-13-31(14-10-29)36-24-48-42(51-36)38-7-6-20-54(38)45(56)41(27(3)58-4)53-46(57)59-5/h8-16,19,22,24-27,33-34,38-41H,6-7,17-18,20-21,23H2,1-5H3,(H,48,51)(H,49,52)(H,50,55)(H,53,57)/t27-,33?,34?,38+,39?,40?,41+/m1/s1. The third-order valence-electron chi connectivity index (χ3n) is 12.8. The fourth-order valence-electron chi connectivity index (χ4n) is 9.44. The van der Waals surface area contributed by atoms with Crippen LogP contribution in [0.15, 0.2) is 79.3 Å². The first kappa shape index (κ1) is 40.0. The number of hydrogen-bond donors (Lipinski definition) is 4. The van der Waals surface area contributed by atoms with Crippen LogP contribution in [0.4, 0.5) is 4.79 Å². The van der Waals surface area contributed by atoms with Gasteiger partial charge in [0.05, 0.1) is 49.0 Å². The Bertz CT molecular complexity index is 2250. The van der Waals surface area contributed by atoms with Gasteiger partial charge in [0, 0.05) is 38.0 Å². The molecule has 4 N–H and O–H groups in total. The predicted octanol–water partition coefficient (Wildman–Crippen LogP) is 7.52. The monoisotopic (exact) mass is 798 g/mol. The van der Waals surface area contributed by atoms with Crippen LogP contribution in [0.2, 0.25) is 0 Å². The van der Waals surface area contributed by atoms with Gasteiger partial charge < -0.3 is 35.0 Å². The van der Waals surface area contributed by atoms with Crippen LogP contribution in [0, 0.1) is 17.8 Å². The summed E-state index contributed by atoms with van der Waals surface area (Å²) in [4.78, 5) is 62.3. The molecule has 2 bridgehead atoms. The van der Waals surface area contributed by atoms with Gasteiger partial charge in [0.15, 0.2) is 0 Å². The first-order chi connectivity index (χ1) is 28.6. The molecule has 1 aliphatic heterocycles. The van der Waals surface area contributed by atoms with Crippen LogP contribution in [-0.2, 0) is 25.6 Å². The molecule has 4 unspecified atom stereocenters. The van der Waals surface area contributed by atoms with E-state index in [-0.39, 0.29) is 29.7 Å². The van der Waals surface area contributed by atoms with Gasteiger partial charge in [0.1, 0.15) is 17.7 Å². The number of benzene rings is 2. The molecule has 3 aromatic heterocycles. The number of nitrogens with zero attached hydrogens (tertiary/aromatic N) is 4. The number of imidazole rings is 2. The van der Waals surface area contributed by atoms with E-state index in [4.69, 9.17) is 14.5 Å². The number of aromatic nitrogens is 5. The van der Waals surface area contributed by atoms with Gasteiger partial charge in [-0.15, -0.1) is 0 Å². The summed E-state index contributed by atoms with van der Waals surface area (Å²) >= 11 is 0. The van der Waals surface area contributed by atoms with Gasteiger partial charge in [-0.2, -0.15) is 0 Å². The molecular formula is C46H54N8O5. The minimum Gasteiger partial charge on any atom is -0.453 e. The van der Waals surface area contributed by atoms with E-state index in [1.165, 1.54) is 14.2 Å². The van der Waals surface area contributed by atoms with Gasteiger partial charge in [-0.25, -0.2) is 14.8 Å². The molecule has 13 heteroatoms. The zero-order valence-corrected chi connectivity index (χ0v) is 34.4. The van der Waals surface area contributed by atoms with Crippen molar-refractivity contribution in [3.8, 4) is 33.6 Å². The molecule has 0 spiro atoms. The zero-order chi connectivity index (χ0) is 41.2. The molecule has 2 saturated carbocycles. The third kappa shape index (κ3) is 8.25. The molecule has 3 amide bonds. The fourth-order valence-corrected chi connectivity index (χ4v) is 9.44. The molecule has 7 atom stereocenters. The highest BCUT2D eigenvalue weighted by Crippen LogP contribution is 2.56. The summed E-state index contributed by atoms with van der Waals surface area (Å²) in [5.41, 5.74) is 8.05. The molecule has 8 rings (SSSR count). The summed E-state index contributed by atoms with van der Waals surface area (Å²) in [5.74, 6) is 2.70. The zero-order valence-electron chi connectivity index (χ0n) is 34.4. The number of alkyl carbamates (subject to hydrolysis) is 1. The van der Waals surface area contributed by atoms with E-state index in [2.05, 4.69) is 99.0 Å². The number of nitrogens with one attached hydrogen (secondary N) is 4. The Morgan fingerprint density at radius 1 is 0.780 bits per heavy atom.